The Labute approximate surface area is 317 Å². The molecule has 6 atom stereocenters. The van der Waals surface area contributed by atoms with E-state index in [9.17, 15) is 33.9 Å². The molecule has 17 nitrogen and oxygen atoms in total. The van der Waals surface area contributed by atoms with Crippen molar-refractivity contribution in [2.75, 3.05) is 12.5 Å². The lowest BCUT2D eigenvalue weighted by atomic mass is 9.88. The maximum atomic E-state index is 13.9. The standard InChI is InChI=1S/C36H50N8O9S/c1-20-17-43(33(51)39-29(20)47)26-15-22(41-42-37)24(53-26)18-52-32(50)35(5,6)16-25(45)38-23(14-21-12-10-9-11-13-21)27(46)31(49)44-19-54-36(7,8)28(44)30(48)40-34(2,3)4/h9-13,17,22-24,26-28,46H,14-16,18-19H2,1-8H3,(H,38,45)(H,40,48)(H,39,47,51)/t22?,23-,24+,26+,27-,28+/m0/s1. The van der Waals surface area contributed by atoms with Crippen molar-refractivity contribution in [1.82, 2.24) is 25.1 Å². The highest BCUT2D eigenvalue weighted by molar-refractivity contribution is 8.00. The second-order valence-corrected chi connectivity index (χ2v) is 17.5. The Hall–Kier alpha value is -4.64. The molecular formula is C36H50N8O9S. The molecule has 0 spiro atoms. The zero-order valence-electron chi connectivity index (χ0n) is 31.8. The number of hydrogen-bond donors (Lipinski definition) is 4. The van der Waals surface area contributed by atoms with Gasteiger partial charge in [-0.3, -0.25) is 33.5 Å². The second kappa shape index (κ2) is 16.8. The minimum absolute atomic E-state index is 0.0724. The second-order valence-electron chi connectivity index (χ2n) is 15.9. The van der Waals surface area contributed by atoms with Crippen LogP contribution in [-0.4, -0.2) is 96.4 Å². The first-order valence-corrected chi connectivity index (χ1v) is 18.6. The van der Waals surface area contributed by atoms with Gasteiger partial charge in [-0.1, -0.05) is 35.4 Å². The molecule has 0 bridgehead atoms. The van der Waals surface area contributed by atoms with Gasteiger partial charge in [0.1, 0.15) is 25.0 Å². The van der Waals surface area contributed by atoms with Crippen LogP contribution in [0.3, 0.4) is 0 Å². The average Bonchev–Trinajstić information content (AvgIpc) is 3.62. The number of aromatic amines is 1. The van der Waals surface area contributed by atoms with Gasteiger partial charge in [-0.25, -0.2) is 4.79 Å². The summed E-state index contributed by atoms with van der Waals surface area (Å²) in [5, 5.41) is 21.0. The van der Waals surface area contributed by atoms with Crippen LogP contribution >= 0.6 is 11.8 Å². The number of nitrogens with zero attached hydrogens (tertiary/aromatic N) is 5. The Morgan fingerprint density at radius 3 is 2.46 bits per heavy atom. The third-order valence-corrected chi connectivity index (χ3v) is 10.6. The molecule has 4 rings (SSSR count). The van der Waals surface area contributed by atoms with Crippen molar-refractivity contribution in [3.8, 4) is 0 Å². The maximum absolute atomic E-state index is 13.9. The third kappa shape index (κ3) is 10.3. The van der Waals surface area contributed by atoms with Gasteiger partial charge < -0.3 is 30.1 Å². The van der Waals surface area contributed by atoms with E-state index in [1.54, 1.807) is 24.3 Å². The Balaban J connectivity index is 1.45. The highest BCUT2D eigenvalue weighted by Crippen LogP contribution is 2.40. The van der Waals surface area contributed by atoms with E-state index in [0.29, 0.717) is 0 Å². The van der Waals surface area contributed by atoms with E-state index in [0.717, 1.165) is 5.56 Å². The fourth-order valence-electron chi connectivity index (χ4n) is 6.41. The van der Waals surface area contributed by atoms with Gasteiger partial charge in [-0.15, -0.1) is 11.8 Å². The van der Waals surface area contributed by atoms with Crippen LogP contribution in [0.2, 0.25) is 0 Å². The normalized spacial score (nSPS) is 22.1. The molecule has 3 amide bonds. The molecule has 294 valence electrons. The first kappa shape index (κ1) is 42.1. The number of esters is 1. The Morgan fingerprint density at radius 1 is 1.17 bits per heavy atom. The number of aryl methyl sites for hydroxylation is 1. The highest BCUT2D eigenvalue weighted by Gasteiger charge is 2.50. The summed E-state index contributed by atoms with van der Waals surface area (Å²) in [4.78, 5) is 84.9. The Kier molecular flexibility index (Phi) is 13.1. The Morgan fingerprint density at radius 2 is 1.83 bits per heavy atom. The zero-order chi connectivity index (χ0) is 40.2. The fourth-order valence-corrected chi connectivity index (χ4v) is 7.55. The molecule has 2 aromatic rings. The van der Waals surface area contributed by atoms with Crippen molar-refractivity contribution in [3.63, 3.8) is 0 Å². The predicted octanol–water partition coefficient (Wildman–Crippen LogP) is 2.45. The number of H-pyrrole nitrogens is 1. The van der Waals surface area contributed by atoms with E-state index in [4.69, 9.17) is 15.0 Å². The first-order valence-electron chi connectivity index (χ1n) is 17.6. The lowest BCUT2D eigenvalue weighted by Crippen LogP contribution is -2.60. The summed E-state index contributed by atoms with van der Waals surface area (Å²) >= 11 is 1.41. The number of aliphatic hydroxyl groups excluding tert-OH is 1. The molecule has 2 aliphatic heterocycles. The monoisotopic (exact) mass is 770 g/mol. The summed E-state index contributed by atoms with van der Waals surface area (Å²) in [6, 6.07) is 6.16. The predicted molar refractivity (Wildman–Crippen MR) is 200 cm³/mol. The van der Waals surface area contributed by atoms with E-state index < -0.39 is 81.3 Å². The van der Waals surface area contributed by atoms with Gasteiger partial charge in [-0.05, 0) is 72.9 Å². The van der Waals surface area contributed by atoms with Crippen molar-refractivity contribution in [3.05, 3.63) is 78.9 Å². The molecule has 2 fully saturated rings. The zero-order valence-corrected chi connectivity index (χ0v) is 32.6. The lowest BCUT2D eigenvalue weighted by molar-refractivity contribution is -0.161. The third-order valence-electron chi connectivity index (χ3n) is 9.25. The van der Waals surface area contributed by atoms with Gasteiger partial charge in [0.2, 0.25) is 11.8 Å². The van der Waals surface area contributed by atoms with Crippen LogP contribution in [0.5, 0.6) is 0 Å². The number of carbonyl (C=O) groups excluding carboxylic acids is 4. The number of aromatic nitrogens is 2. The van der Waals surface area contributed by atoms with Crippen molar-refractivity contribution in [1.29, 1.82) is 0 Å². The Bertz CT molecular complexity index is 1880. The lowest BCUT2D eigenvalue weighted by Gasteiger charge is -2.35. The molecule has 4 N–H and O–H groups in total. The van der Waals surface area contributed by atoms with Crippen LogP contribution in [0.4, 0.5) is 0 Å². The molecule has 2 saturated heterocycles. The number of carbonyl (C=O) groups is 4. The summed E-state index contributed by atoms with van der Waals surface area (Å²) in [7, 11) is 0. The SMILES string of the molecule is Cc1cn([C@H]2CC(N=[N+]=[N-])[C@@H](COC(=O)C(C)(C)CC(=O)N[C@@H](Cc3ccccc3)[C@H](O)C(=O)N3CSC(C)(C)[C@H]3C(=O)NC(C)(C)C)O2)c(=O)[nH]c1=O. The van der Waals surface area contributed by atoms with Crippen molar-refractivity contribution in [2.24, 2.45) is 10.5 Å². The van der Waals surface area contributed by atoms with E-state index >= 15 is 0 Å². The molecular weight excluding hydrogens is 721 g/mol. The van der Waals surface area contributed by atoms with Gasteiger partial charge in [0, 0.05) is 39.8 Å². The van der Waals surface area contributed by atoms with Crippen LogP contribution < -0.4 is 21.9 Å². The fraction of sp³-hybridized carbons (Fsp3) is 0.611. The van der Waals surface area contributed by atoms with Gasteiger partial charge in [-0.2, -0.15) is 0 Å². The maximum Gasteiger partial charge on any atom is 0.330 e. The molecule has 0 saturated carbocycles. The number of nitrogens with one attached hydrogen (secondary N) is 3. The minimum Gasteiger partial charge on any atom is -0.462 e. The van der Waals surface area contributed by atoms with Gasteiger partial charge in [0.05, 0.1) is 23.4 Å². The van der Waals surface area contributed by atoms with Crippen molar-refractivity contribution in [2.45, 2.75) is 121 Å². The quantitative estimate of drug-likeness (QED) is 0.100. The van der Waals surface area contributed by atoms with Crippen molar-refractivity contribution < 1.29 is 33.8 Å². The van der Waals surface area contributed by atoms with Gasteiger partial charge >= 0.3 is 11.7 Å². The molecule has 2 aliphatic rings. The van der Waals surface area contributed by atoms with Crippen LogP contribution in [0.1, 0.15) is 78.7 Å². The average molecular weight is 771 g/mol. The summed E-state index contributed by atoms with van der Waals surface area (Å²) in [5.74, 6) is -2.33. The first-order chi connectivity index (χ1) is 25.1. The number of thioether (sulfide) groups is 1. The topological polar surface area (TPSA) is 238 Å². The van der Waals surface area contributed by atoms with E-state index in [1.807, 2.05) is 40.7 Å². The molecule has 54 heavy (non-hydrogen) atoms. The van der Waals surface area contributed by atoms with Gasteiger partial charge in [0.25, 0.3) is 11.5 Å². The summed E-state index contributed by atoms with van der Waals surface area (Å²) < 4.78 is 12.0. The summed E-state index contributed by atoms with van der Waals surface area (Å²) in [6.07, 6.45) is -2.48. The molecule has 1 unspecified atom stereocenters. The molecule has 1 aromatic heterocycles. The minimum atomic E-state index is -1.73. The van der Waals surface area contributed by atoms with Crippen LogP contribution in [0, 0.1) is 12.3 Å². The van der Waals surface area contributed by atoms with Gasteiger partial charge in [0.15, 0.2) is 6.10 Å². The summed E-state index contributed by atoms with van der Waals surface area (Å²) in [5.41, 5.74) is 6.89. The van der Waals surface area contributed by atoms with Crippen LogP contribution in [0.25, 0.3) is 10.4 Å². The highest BCUT2D eigenvalue weighted by atomic mass is 32.2. The molecule has 0 radical (unpaired) electrons. The smallest absolute Gasteiger partial charge is 0.330 e. The molecule has 0 aliphatic carbocycles. The van der Waals surface area contributed by atoms with Crippen LogP contribution in [-0.2, 0) is 35.1 Å². The largest absolute Gasteiger partial charge is 0.462 e. The number of azide groups is 1. The molecule has 18 heteroatoms. The van der Waals surface area contributed by atoms with E-state index in [-0.39, 0.29) is 43.2 Å². The van der Waals surface area contributed by atoms with Crippen molar-refractivity contribution >= 4 is 35.5 Å². The number of rotatable bonds is 13. The van der Waals surface area contributed by atoms with Crippen LogP contribution in [0.15, 0.2) is 51.2 Å². The summed E-state index contributed by atoms with van der Waals surface area (Å²) in [6.45, 7) is 13.4. The van der Waals surface area contributed by atoms with E-state index in [1.165, 1.54) is 48.2 Å². The number of hydrogen-bond acceptors (Lipinski definition) is 11. The number of aliphatic hydroxyl groups is 1. The molecule has 3 heterocycles. The number of benzene rings is 1. The van der Waals surface area contributed by atoms with E-state index in [2.05, 4.69) is 25.6 Å². The molecule has 1 aromatic carbocycles. The number of amides is 3. The number of ether oxygens (including phenoxy) is 2.